The van der Waals surface area contributed by atoms with Crippen LogP contribution in [-0.4, -0.2) is 42.9 Å². The Kier molecular flexibility index (Phi) is 6.63. The molecule has 2 aromatic carbocycles. The van der Waals surface area contributed by atoms with Crippen molar-refractivity contribution in [1.29, 1.82) is 0 Å². The molecule has 2 aromatic rings. The molecule has 4 heteroatoms. The van der Waals surface area contributed by atoms with Crippen molar-refractivity contribution in [3.05, 3.63) is 71.5 Å². The van der Waals surface area contributed by atoms with Gasteiger partial charge in [0.15, 0.2) is 0 Å². The molecule has 0 aromatic heterocycles. The van der Waals surface area contributed by atoms with Crippen molar-refractivity contribution in [2.45, 2.75) is 43.6 Å². The molecule has 2 atom stereocenters. The first-order chi connectivity index (χ1) is 14.2. The van der Waals surface area contributed by atoms with Gasteiger partial charge in [-0.25, -0.2) is 4.39 Å². The van der Waals surface area contributed by atoms with Crippen LogP contribution >= 0.6 is 0 Å². The van der Waals surface area contributed by atoms with Gasteiger partial charge in [0.05, 0.1) is 13.2 Å². The fourth-order valence-corrected chi connectivity index (χ4v) is 5.21. The molecule has 2 fully saturated rings. The van der Waals surface area contributed by atoms with Crippen molar-refractivity contribution >= 4 is 0 Å². The molecule has 1 aliphatic carbocycles. The molecule has 3 nitrogen and oxygen atoms in total. The van der Waals surface area contributed by atoms with Gasteiger partial charge in [0.25, 0.3) is 0 Å². The Morgan fingerprint density at radius 3 is 2.28 bits per heavy atom. The van der Waals surface area contributed by atoms with Crippen LogP contribution in [0.4, 0.5) is 4.39 Å². The van der Waals surface area contributed by atoms with Crippen molar-refractivity contribution in [3.8, 4) is 0 Å². The van der Waals surface area contributed by atoms with E-state index in [1.165, 1.54) is 18.6 Å². The van der Waals surface area contributed by atoms with Crippen LogP contribution in [0, 0.1) is 11.7 Å². The summed E-state index contributed by atoms with van der Waals surface area (Å²) in [6.07, 6.45) is 5.55. The minimum absolute atomic E-state index is 0.0737. The van der Waals surface area contributed by atoms with Crippen molar-refractivity contribution < 1.29 is 14.2 Å². The lowest BCUT2D eigenvalue weighted by atomic mass is 9.65. The Morgan fingerprint density at radius 1 is 0.966 bits per heavy atom. The Bertz CT molecular complexity index is 754. The third kappa shape index (κ3) is 4.55. The minimum atomic E-state index is -1.02. The number of ether oxygens (including phenoxy) is 1. The Balaban J connectivity index is 1.76. The van der Waals surface area contributed by atoms with Gasteiger partial charge in [-0.2, -0.15) is 0 Å². The van der Waals surface area contributed by atoms with Crippen molar-refractivity contribution in [3.63, 3.8) is 0 Å². The molecule has 0 unspecified atom stereocenters. The van der Waals surface area contributed by atoms with Crippen LogP contribution in [0.3, 0.4) is 0 Å². The largest absolute Gasteiger partial charge is 0.384 e. The van der Waals surface area contributed by atoms with Gasteiger partial charge in [0, 0.05) is 25.6 Å². The van der Waals surface area contributed by atoms with Gasteiger partial charge in [-0.1, -0.05) is 61.7 Å². The standard InChI is InChI=1S/C25H32FNO2/c26-23-13-11-22(12-14-23)25(28,21-9-5-2-6-10-21)24(20-7-3-1-4-8-20)19-27-15-17-29-18-16-27/h1,3-4,7-8,11-14,21,24,28H,2,5-6,9-10,15-19H2/t24-,25+/m1/s1. The first-order valence-electron chi connectivity index (χ1n) is 11.0. The Labute approximate surface area is 173 Å². The van der Waals surface area contributed by atoms with E-state index in [-0.39, 0.29) is 17.7 Å². The third-order valence-corrected chi connectivity index (χ3v) is 6.81. The van der Waals surface area contributed by atoms with E-state index < -0.39 is 5.60 Å². The van der Waals surface area contributed by atoms with Gasteiger partial charge >= 0.3 is 0 Å². The smallest absolute Gasteiger partial charge is 0.123 e. The molecule has 2 aliphatic rings. The van der Waals surface area contributed by atoms with Crippen molar-refractivity contribution in [1.82, 2.24) is 4.90 Å². The van der Waals surface area contributed by atoms with Gasteiger partial charge < -0.3 is 9.84 Å². The molecule has 0 radical (unpaired) electrons. The fraction of sp³-hybridized carbons (Fsp3) is 0.520. The quantitative estimate of drug-likeness (QED) is 0.766. The van der Waals surface area contributed by atoms with Gasteiger partial charge in [-0.15, -0.1) is 0 Å². The first-order valence-corrected chi connectivity index (χ1v) is 11.0. The predicted octanol–water partition coefficient (Wildman–Crippen LogP) is 4.71. The highest BCUT2D eigenvalue weighted by atomic mass is 19.1. The molecule has 29 heavy (non-hydrogen) atoms. The highest BCUT2D eigenvalue weighted by Crippen LogP contribution is 2.48. The summed E-state index contributed by atoms with van der Waals surface area (Å²) in [7, 11) is 0. The van der Waals surface area contributed by atoms with Gasteiger partial charge in [-0.05, 0) is 42.0 Å². The summed E-state index contributed by atoms with van der Waals surface area (Å²) in [4.78, 5) is 2.40. The van der Waals surface area contributed by atoms with E-state index in [9.17, 15) is 9.50 Å². The van der Waals surface area contributed by atoms with Crippen LogP contribution in [-0.2, 0) is 10.3 Å². The number of hydrogen-bond donors (Lipinski definition) is 1. The molecule has 1 aliphatic heterocycles. The number of rotatable bonds is 6. The molecule has 1 heterocycles. The van der Waals surface area contributed by atoms with E-state index in [1.807, 2.05) is 18.2 Å². The lowest BCUT2D eigenvalue weighted by Crippen LogP contribution is -2.48. The monoisotopic (exact) mass is 397 g/mol. The Hall–Kier alpha value is -1.75. The van der Waals surface area contributed by atoms with Crippen molar-refractivity contribution in [2.24, 2.45) is 5.92 Å². The zero-order valence-electron chi connectivity index (χ0n) is 17.1. The number of nitrogens with zero attached hydrogens (tertiary/aromatic N) is 1. The van der Waals surface area contributed by atoms with Crippen molar-refractivity contribution in [2.75, 3.05) is 32.8 Å². The van der Waals surface area contributed by atoms with Crippen LogP contribution in [0.15, 0.2) is 54.6 Å². The highest BCUT2D eigenvalue weighted by molar-refractivity contribution is 5.33. The molecular formula is C25H32FNO2. The number of benzene rings is 2. The molecule has 0 spiro atoms. The molecule has 4 rings (SSSR count). The van der Waals surface area contributed by atoms with E-state index in [2.05, 4.69) is 17.0 Å². The van der Waals surface area contributed by atoms with E-state index in [1.54, 1.807) is 12.1 Å². The summed E-state index contributed by atoms with van der Waals surface area (Å²) in [5.41, 5.74) is 0.970. The summed E-state index contributed by atoms with van der Waals surface area (Å²) >= 11 is 0. The van der Waals surface area contributed by atoms with E-state index in [0.29, 0.717) is 0 Å². The van der Waals surface area contributed by atoms with Crippen LogP contribution in [0.2, 0.25) is 0 Å². The third-order valence-electron chi connectivity index (χ3n) is 6.81. The predicted molar refractivity (Wildman–Crippen MR) is 113 cm³/mol. The summed E-state index contributed by atoms with van der Waals surface area (Å²) in [6.45, 7) is 4.01. The minimum Gasteiger partial charge on any atom is -0.384 e. The summed E-state index contributed by atoms with van der Waals surface area (Å²) in [5, 5.41) is 12.5. The maximum Gasteiger partial charge on any atom is 0.123 e. The SMILES string of the molecule is O[C@](c1ccc(F)cc1)(C1CCCCC1)[C@H](CN1CCOCC1)c1ccccc1. The molecule has 1 saturated heterocycles. The maximum atomic E-state index is 13.7. The first kappa shape index (κ1) is 20.5. The van der Waals surface area contributed by atoms with E-state index in [4.69, 9.17) is 4.74 Å². The van der Waals surface area contributed by atoms with Crippen LogP contribution in [0.1, 0.15) is 49.1 Å². The summed E-state index contributed by atoms with van der Waals surface area (Å²) in [6, 6.07) is 16.9. The lowest BCUT2D eigenvalue weighted by Gasteiger charge is -2.46. The number of aliphatic hydroxyl groups is 1. The van der Waals surface area contributed by atoms with Gasteiger partial charge in [0.2, 0.25) is 0 Å². The second-order valence-electron chi connectivity index (χ2n) is 8.54. The van der Waals surface area contributed by atoms with Gasteiger partial charge in [-0.3, -0.25) is 4.90 Å². The molecule has 0 amide bonds. The average molecular weight is 398 g/mol. The van der Waals surface area contributed by atoms with Crippen LogP contribution in [0.25, 0.3) is 0 Å². The van der Waals surface area contributed by atoms with Crippen LogP contribution in [0.5, 0.6) is 0 Å². The van der Waals surface area contributed by atoms with Gasteiger partial charge in [0.1, 0.15) is 11.4 Å². The van der Waals surface area contributed by atoms with Crippen LogP contribution < -0.4 is 0 Å². The molecule has 1 N–H and O–H groups in total. The maximum absolute atomic E-state index is 13.7. The number of halogens is 1. The fourth-order valence-electron chi connectivity index (χ4n) is 5.21. The normalized spacial score (nSPS) is 22.1. The van der Waals surface area contributed by atoms with E-state index >= 15 is 0 Å². The van der Waals surface area contributed by atoms with E-state index in [0.717, 1.165) is 69.7 Å². The second kappa shape index (κ2) is 9.38. The highest BCUT2D eigenvalue weighted by Gasteiger charge is 2.46. The Morgan fingerprint density at radius 2 is 1.62 bits per heavy atom. The number of morpholine rings is 1. The molecule has 1 saturated carbocycles. The molecule has 156 valence electrons. The lowest BCUT2D eigenvalue weighted by molar-refractivity contribution is -0.0758. The zero-order chi connectivity index (χ0) is 20.1. The average Bonchev–Trinajstić information content (AvgIpc) is 2.79. The zero-order valence-corrected chi connectivity index (χ0v) is 17.1. The number of hydrogen-bond acceptors (Lipinski definition) is 3. The molecule has 0 bridgehead atoms. The second-order valence-corrected chi connectivity index (χ2v) is 8.54. The summed E-state index contributed by atoms with van der Waals surface area (Å²) in [5.74, 6) is -0.160. The summed E-state index contributed by atoms with van der Waals surface area (Å²) < 4.78 is 19.3. The molecular weight excluding hydrogens is 365 g/mol. The topological polar surface area (TPSA) is 32.7 Å².